The summed E-state index contributed by atoms with van der Waals surface area (Å²) in [6.07, 6.45) is -0.110. The van der Waals surface area contributed by atoms with Gasteiger partial charge in [-0.3, -0.25) is 0 Å². The van der Waals surface area contributed by atoms with E-state index in [0.717, 1.165) is 0 Å². The average molecular weight is 518 g/mol. The fourth-order valence-electron chi connectivity index (χ4n) is 5.49. The van der Waals surface area contributed by atoms with Crippen LogP contribution in [0, 0.1) is 70.1 Å². The molecule has 3 aromatic rings. The van der Waals surface area contributed by atoms with E-state index in [1.807, 2.05) is 12.1 Å². The van der Waals surface area contributed by atoms with Crippen molar-refractivity contribution in [3.05, 3.63) is 149 Å². The second-order valence-electron chi connectivity index (χ2n) is 8.91. The predicted octanol–water partition coefficient (Wildman–Crippen LogP) is 4.61. The van der Waals surface area contributed by atoms with Gasteiger partial charge in [0.2, 0.25) is 0 Å². The zero-order valence-corrected chi connectivity index (χ0v) is 20.5. The van der Waals surface area contributed by atoms with Crippen LogP contribution in [-0.4, -0.2) is 0 Å². The third-order valence-corrected chi connectivity index (χ3v) is 6.98. The summed E-state index contributed by atoms with van der Waals surface area (Å²) in [5.41, 5.74) is 2.50. The lowest BCUT2D eigenvalue weighted by atomic mass is 9.92. The molecule has 2 aliphatic carbocycles. The molecule has 2 aliphatic rings. The number of hydrogen-bond donors (Lipinski definition) is 0. The number of halogens is 2. The third kappa shape index (κ3) is 3.71. The van der Waals surface area contributed by atoms with Gasteiger partial charge in [0.15, 0.2) is 0 Å². The monoisotopic (exact) mass is 518 g/mol. The highest BCUT2D eigenvalue weighted by Crippen LogP contribution is 2.37. The lowest BCUT2D eigenvalue weighted by Gasteiger charge is -2.09. The first-order valence-electron chi connectivity index (χ1n) is 11.7. The van der Waals surface area contributed by atoms with Crippen LogP contribution in [0.3, 0.4) is 0 Å². The Morgan fingerprint density at radius 2 is 1.15 bits per heavy atom. The lowest BCUT2D eigenvalue weighted by molar-refractivity contribution is 0.627. The summed E-state index contributed by atoms with van der Waals surface area (Å²) in [6, 6.07) is 19.2. The van der Waals surface area contributed by atoms with Crippen molar-refractivity contribution in [1.29, 1.82) is 21.0 Å². The maximum absolute atomic E-state index is 14.4. The van der Waals surface area contributed by atoms with Crippen LogP contribution in [0.15, 0.2) is 71.1 Å². The second-order valence-corrected chi connectivity index (χ2v) is 8.91. The van der Waals surface area contributed by atoms with Gasteiger partial charge in [-0.2, -0.15) is 30.7 Å². The number of nitrogens with zero attached hydrogens (tertiary/aromatic N) is 6. The molecule has 3 aromatic carbocycles. The van der Waals surface area contributed by atoms with Gasteiger partial charge in [0.05, 0.1) is 16.7 Å². The zero-order chi connectivity index (χ0) is 28.6. The van der Waals surface area contributed by atoms with Crippen molar-refractivity contribution in [3.63, 3.8) is 0 Å². The van der Waals surface area contributed by atoms with Gasteiger partial charge >= 0.3 is 5.82 Å². The maximum Gasteiger partial charge on any atom is 0.523 e. The quantitative estimate of drug-likeness (QED) is 0.365. The largest absolute Gasteiger partial charge is 0.523 e. The Balaban J connectivity index is 2.10. The first-order valence-corrected chi connectivity index (χ1v) is 11.7. The molecule has 0 unspecified atom stereocenters. The smallest absolute Gasteiger partial charge is 0.207 e. The predicted molar refractivity (Wildman–Crippen MR) is 139 cm³/mol. The van der Waals surface area contributed by atoms with Crippen molar-refractivity contribution in [3.8, 4) is 24.3 Å². The Kier molecular flexibility index (Phi) is 6.24. The highest BCUT2D eigenvalue weighted by Gasteiger charge is 2.36. The Bertz CT molecular complexity index is 1960. The molecule has 40 heavy (non-hydrogen) atoms. The van der Waals surface area contributed by atoms with Crippen molar-refractivity contribution in [2.75, 3.05) is 0 Å². The molecule has 0 heterocycles. The van der Waals surface area contributed by atoms with Gasteiger partial charge in [-0.15, -0.1) is 0 Å². The summed E-state index contributed by atoms with van der Waals surface area (Å²) in [6.45, 7) is 15.1. The van der Waals surface area contributed by atoms with E-state index in [1.54, 1.807) is 12.1 Å². The number of hydrogen-bond acceptors (Lipinski definition) is 4. The van der Waals surface area contributed by atoms with Crippen molar-refractivity contribution < 1.29 is 8.78 Å². The van der Waals surface area contributed by atoms with Crippen molar-refractivity contribution in [1.82, 2.24) is 0 Å². The first-order chi connectivity index (χ1) is 19.4. The number of nitriles is 4. The molecule has 0 saturated heterocycles. The van der Waals surface area contributed by atoms with Crippen LogP contribution in [0.25, 0.3) is 20.8 Å². The minimum absolute atomic E-state index is 0.0506. The number of rotatable bonds is 2. The molecule has 0 aromatic heterocycles. The highest BCUT2D eigenvalue weighted by atomic mass is 19.1. The topological polar surface area (TPSA) is 104 Å². The fourth-order valence-corrected chi connectivity index (χ4v) is 5.49. The first kappa shape index (κ1) is 25.3. The average Bonchev–Trinajstić information content (AvgIpc) is 3.53. The molecular formula is C32H12F2N6. The minimum atomic E-state index is -0.570. The molecule has 0 spiro atoms. The molecule has 5 rings (SSSR count). The van der Waals surface area contributed by atoms with E-state index < -0.39 is 11.6 Å². The Morgan fingerprint density at radius 1 is 0.700 bits per heavy atom. The summed E-state index contributed by atoms with van der Waals surface area (Å²) >= 11 is 0. The Labute approximate surface area is 227 Å². The van der Waals surface area contributed by atoms with Gasteiger partial charge in [0.25, 0.3) is 0 Å². The minimum Gasteiger partial charge on any atom is -0.207 e. The van der Waals surface area contributed by atoms with Gasteiger partial charge in [0, 0.05) is 16.9 Å². The standard InChI is InChI=1S/C32H12F2N6/c1-39-32(40-2)25-12-24-27(16-38)30-23(26(15-37)31(24)29(25)18-6-4-8-21(34)10-18)11-22(19(13-35)14-36)28(30)17-5-3-7-20(33)9-17/h3-10H,11-12H2. The maximum atomic E-state index is 14.4. The molecule has 0 aliphatic heterocycles. The van der Waals surface area contributed by atoms with Gasteiger partial charge < -0.3 is 0 Å². The molecule has 6 nitrogen and oxygen atoms in total. The number of benzene rings is 3. The Hall–Kier alpha value is -6.32. The van der Waals surface area contributed by atoms with Crippen molar-refractivity contribution >= 4 is 11.1 Å². The Morgan fingerprint density at radius 3 is 1.55 bits per heavy atom. The highest BCUT2D eigenvalue weighted by molar-refractivity contribution is 5.91. The van der Waals surface area contributed by atoms with Crippen molar-refractivity contribution in [2.45, 2.75) is 12.8 Å². The fraction of sp³-hybridized carbons (Fsp3) is 0.0625. The summed E-state index contributed by atoms with van der Waals surface area (Å²) in [5.74, 6) is -1.40. The molecule has 0 N–H and O–H groups in total. The molecule has 184 valence electrons. The van der Waals surface area contributed by atoms with E-state index in [9.17, 15) is 29.8 Å². The number of fused-ring (bicyclic) bond motifs is 2. The van der Waals surface area contributed by atoms with Crippen LogP contribution in [0.2, 0.25) is 0 Å². The van der Waals surface area contributed by atoms with Gasteiger partial charge in [0.1, 0.15) is 54.6 Å². The second kappa shape index (κ2) is 9.86. The van der Waals surface area contributed by atoms with Crippen LogP contribution in [0.1, 0.15) is 33.4 Å². The van der Waals surface area contributed by atoms with E-state index in [-0.39, 0.29) is 46.5 Å². The third-order valence-electron chi connectivity index (χ3n) is 6.98. The molecule has 0 amide bonds. The summed E-state index contributed by atoms with van der Waals surface area (Å²) in [7, 11) is 0. The molecule has 0 saturated carbocycles. The van der Waals surface area contributed by atoms with Crippen LogP contribution in [0.5, 0.6) is 0 Å². The molecule has 0 bridgehead atoms. The van der Waals surface area contributed by atoms with Gasteiger partial charge in [-0.05, 0) is 69.7 Å². The summed E-state index contributed by atoms with van der Waals surface area (Å²) in [4.78, 5) is 6.72. The summed E-state index contributed by atoms with van der Waals surface area (Å²) in [5, 5.41) is 41.0. The van der Waals surface area contributed by atoms with Gasteiger partial charge in [-0.1, -0.05) is 24.3 Å². The van der Waals surface area contributed by atoms with Crippen LogP contribution in [-0.2, 0) is 12.8 Å². The van der Waals surface area contributed by atoms with Crippen LogP contribution < -0.4 is 10.4 Å². The van der Waals surface area contributed by atoms with E-state index in [2.05, 4.69) is 21.8 Å². The molecule has 8 heteroatoms. The van der Waals surface area contributed by atoms with Crippen LogP contribution in [0.4, 0.5) is 8.78 Å². The molecule has 0 fully saturated rings. The van der Waals surface area contributed by atoms with Gasteiger partial charge in [-0.25, -0.2) is 8.78 Å². The lowest BCUT2D eigenvalue weighted by Crippen LogP contribution is -2.26. The van der Waals surface area contributed by atoms with E-state index in [1.165, 1.54) is 36.4 Å². The molecule has 0 radical (unpaired) electrons. The summed E-state index contributed by atoms with van der Waals surface area (Å²) < 4.78 is 28.7. The van der Waals surface area contributed by atoms with E-state index >= 15 is 0 Å². The van der Waals surface area contributed by atoms with E-state index in [4.69, 9.17) is 13.1 Å². The SMILES string of the molecule is [C-]#[N+]C([N+]#[C-])=C1Cc2c(C#N)c3c(c(C#N)c2=C1c1cccc(F)c1)CC(=C(C#N)C#N)C=3c1cccc(F)c1. The number of allylic oxidation sites excluding steroid dienone is 3. The molecule has 0 atom stereocenters. The van der Waals surface area contributed by atoms with E-state index in [0.29, 0.717) is 43.8 Å². The van der Waals surface area contributed by atoms with Crippen molar-refractivity contribution in [2.24, 2.45) is 0 Å². The zero-order valence-electron chi connectivity index (χ0n) is 20.5. The normalized spacial score (nSPS) is 12.7. The van der Waals surface area contributed by atoms with Crippen LogP contribution >= 0.6 is 0 Å². The molecular weight excluding hydrogens is 506 g/mol.